The summed E-state index contributed by atoms with van der Waals surface area (Å²) in [5.41, 5.74) is 1.37. The summed E-state index contributed by atoms with van der Waals surface area (Å²) in [6.07, 6.45) is 3.49. The molecule has 1 heterocycles. The van der Waals surface area contributed by atoms with Gasteiger partial charge in [0.2, 0.25) is 5.91 Å². The van der Waals surface area contributed by atoms with Gasteiger partial charge in [-0.05, 0) is 46.8 Å². The molecule has 0 aliphatic heterocycles. The van der Waals surface area contributed by atoms with E-state index in [0.29, 0.717) is 12.6 Å². The van der Waals surface area contributed by atoms with Crippen molar-refractivity contribution in [3.8, 4) is 0 Å². The minimum Gasteiger partial charge on any atom is -0.358 e. The molecule has 0 saturated heterocycles. The summed E-state index contributed by atoms with van der Waals surface area (Å²) >= 11 is 5.34. The molecule has 3 nitrogen and oxygen atoms in total. The summed E-state index contributed by atoms with van der Waals surface area (Å²) in [4.78, 5) is 12.6. The van der Waals surface area contributed by atoms with Crippen molar-refractivity contribution in [3.63, 3.8) is 0 Å². The maximum absolute atomic E-state index is 11.2. The Hall–Kier alpha value is -0.390. The largest absolute Gasteiger partial charge is 0.358 e. The fourth-order valence-electron chi connectivity index (χ4n) is 2.04. The lowest BCUT2D eigenvalue weighted by atomic mass is 9.94. The summed E-state index contributed by atoms with van der Waals surface area (Å²) in [7, 11) is 1.66. The van der Waals surface area contributed by atoms with Gasteiger partial charge in [0.1, 0.15) is 0 Å². The molecule has 1 aromatic heterocycles. The highest BCUT2D eigenvalue weighted by molar-refractivity contribution is 9.11. The number of nitrogens with one attached hydrogen (secondary N) is 2. The Morgan fingerprint density at radius 2 is 2.50 bits per heavy atom. The molecule has 0 aromatic carbocycles. The van der Waals surface area contributed by atoms with E-state index in [0.717, 1.165) is 6.42 Å². The molecule has 88 valence electrons. The highest BCUT2D eigenvalue weighted by Crippen LogP contribution is 2.37. The number of carbonyl (C=O) groups excluding carboxylic acids is 1. The van der Waals surface area contributed by atoms with E-state index in [1.54, 1.807) is 7.05 Å². The first-order valence-electron chi connectivity index (χ1n) is 5.42. The maximum atomic E-state index is 11.2. The van der Waals surface area contributed by atoms with Crippen molar-refractivity contribution in [3.05, 3.63) is 20.3 Å². The molecule has 1 aromatic rings. The highest BCUT2D eigenvalue weighted by atomic mass is 79.9. The van der Waals surface area contributed by atoms with Crippen molar-refractivity contribution >= 4 is 33.2 Å². The smallest absolute Gasteiger partial charge is 0.233 e. The van der Waals surface area contributed by atoms with Crippen LogP contribution in [0.15, 0.2) is 9.85 Å². The van der Waals surface area contributed by atoms with Crippen LogP contribution in [-0.4, -0.2) is 19.5 Å². The summed E-state index contributed by atoms with van der Waals surface area (Å²) in [6.45, 7) is 0.397. The van der Waals surface area contributed by atoms with E-state index in [2.05, 4.69) is 32.6 Å². The zero-order chi connectivity index (χ0) is 11.5. The van der Waals surface area contributed by atoms with E-state index >= 15 is 0 Å². The Morgan fingerprint density at radius 1 is 1.69 bits per heavy atom. The molecular formula is C11H15BrN2OS. The average Bonchev–Trinajstić information content (AvgIpc) is 2.66. The van der Waals surface area contributed by atoms with Crippen molar-refractivity contribution in [1.82, 2.24) is 10.6 Å². The second kappa shape index (κ2) is 5.29. The molecule has 5 heteroatoms. The number of hydrogen-bond acceptors (Lipinski definition) is 3. The maximum Gasteiger partial charge on any atom is 0.233 e. The number of carbonyl (C=O) groups is 1. The number of fused-ring (bicyclic) bond motifs is 1. The number of amides is 1. The second-order valence-electron chi connectivity index (χ2n) is 3.93. The molecule has 0 radical (unpaired) electrons. The van der Waals surface area contributed by atoms with Crippen molar-refractivity contribution in [2.75, 3.05) is 13.6 Å². The van der Waals surface area contributed by atoms with Crippen LogP contribution in [0.4, 0.5) is 0 Å². The first kappa shape index (κ1) is 12.1. The van der Waals surface area contributed by atoms with Gasteiger partial charge in [0.25, 0.3) is 0 Å². The lowest BCUT2D eigenvalue weighted by Gasteiger charge is -2.23. The van der Waals surface area contributed by atoms with Gasteiger partial charge in [-0.3, -0.25) is 4.79 Å². The minimum atomic E-state index is 0.0430. The van der Waals surface area contributed by atoms with Gasteiger partial charge in [-0.1, -0.05) is 0 Å². The van der Waals surface area contributed by atoms with Crippen LogP contribution in [0.25, 0.3) is 0 Å². The van der Waals surface area contributed by atoms with Crippen LogP contribution >= 0.6 is 27.3 Å². The number of likely N-dealkylation sites (N-methyl/N-ethyl adjacent to an activating group) is 1. The Kier molecular flexibility index (Phi) is 4.00. The van der Waals surface area contributed by atoms with Crippen LogP contribution in [0.5, 0.6) is 0 Å². The number of thiophene rings is 1. The van der Waals surface area contributed by atoms with Crippen LogP contribution in [0.1, 0.15) is 29.3 Å². The van der Waals surface area contributed by atoms with Gasteiger partial charge >= 0.3 is 0 Å². The number of aryl methyl sites for hydroxylation is 1. The molecule has 0 fully saturated rings. The Labute approximate surface area is 108 Å². The Bertz CT molecular complexity index is 391. The third-order valence-corrected chi connectivity index (χ3v) is 4.59. The monoisotopic (exact) mass is 302 g/mol. The first-order chi connectivity index (χ1) is 7.70. The third-order valence-electron chi connectivity index (χ3n) is 2.87. The second-order valence-corrected chi connectivity index (χ2v) is 6.44. The van der Waals surface area contributed by atoms with Crippen molar-refractivity contribution in [1.29, 1.82) is 0 Å². The molecule has 0 spiro atoms. The lowest BCUT2D eigenvalue weighted by Crippen LogP contribution is -2.34. The van der Waals surface area contributed by atoms with E-state index in [1.165, 1.54) is 27.1 Å². The summed E-state index contributed by atoms with van der Waals surface area (Å²) in [5.74, 6) is 0.0430. The number of hydrogen-bond donors (Lipinski definition) is 2. The zero-order valence-corrected chi connectivity index (χ0v) is 11.6. The Morgan fingerprint density at radius 3 is 3.25 bits per heavy atom. The van der Waals surface area contributed by atoms with E-state index < -0.39 is 0 Å². The molecule has 1 aliphatic rings. The van der Waals surface area contributed by atoms with Crippen LogP contribution in [0.3, 0.4) is 0 Å². The van der Waals surface area contributed by atoms with Crippen molar-refractivity contribution < 1.29 is 4.79 Å². The van der Waals surface area contributed by atoms with Gasteiger partial charge < -0.3 is 10.6 Å². The van der Waals surface area contributed by atoms with Crippen molar-refractivity contribution in [2.45, 2.75) is 25.3 Å². The fourth-order valence-corrected chi connectivity index (χ4v) is 3.86. The van der Waals surface area contributed by atoms with E-state index in [-0.39, 0.29) is 5.91 Å². The van der Waals surface area contributed by atoms with E-state index in [1.807, 2.05) is 11.3 Å². The molecule has 1 aliphatic carbocycles. The lowest BCUT2D eigenvalue weighted by molar-refractivity contribution is -0.119. The molecule has 2 rings (SSSR count). The van der Waals surface area contributed by atoms with Gasteiger partial charge in [0, 0.05) is 18.0 Å². The normalized spacial score (nSPS) is 19.2. The van der Waals surface area contributed by atoms with E-state index in [4.69, 9.17) is 0 Å². The summed E-state index contributed by atoms with van der Waals surface area (Å²) in [6, 6.07) is 2.52. The third kappa shape index (κ3) is 2.64. The van der Waals surface area contributed by atoms with Crippen LogP contribution < -0.4 is 10.6 Å². The minimum absolute atomic E-state index is 0.0430. The van der Waals surface area contributed by atoms with Gasteiger partial charge in [-0.25, -0.2) is 0 Å². The summed E-state index contributed by atoms with van der Waals surface area (Å²) in [5, 5.41) is 5.94. The van der Waals surface area contributed by atoms with Gasteiger partial charge in [-0.2, -0.15) is 0 Å². The first-order valence-corrected chi connectivity index (χ1v) is 7.03. The van der Waals surface area contributed by atoms with E-state index in [9.17, 15) is 4.79 Å². The van der Waals surface area contributed by atoms with Gasteiger partial charge in [-0.15, -0.1) is 11.3 Å². The molecule has 1 amide bonds. The number of rotatable bonds is 3. The average molecular weight is 303 g/mol. The number of halogens is 1. The molecular weight excluding hydrogens is 288 g/mol. The van der Waals surface area contributed by atoms with Crippen LogP contribution in [0.2, 0.25) is 0 Å². The SMILES string of the molecule is CNC(=O)CNC1CCCc2sc(Br)cc21. The van der Waals surface area contributed by atoms with Crippen LogP contribution in [0, 0.1) is 0 Å². The molecule has 16 heavy (non-hydrogen) atoms. The fraction of sp³-hybridized carbons (Fsp3) is 0.545. The molecule has 1 unspecified atom stereocenters. The topological polar surface area (TPSA) is 41.1 Å². The predicted octanol–water partition coefficient (Wildman–Crippen LogP) is 2.22. The van der Waals surface area contributed by atoms with Crippen LogP contribution in [-0.2, 0) is 11.2 Å². The van der Waals surface area contributed by atoms with Crippen molar-refractivity contribution in [2.24, 2.45) is 0 Å². The predicted molar refractivity (Wildman–Crippen MR) is 69.8 cm³/mol. The molecule has 1 atom stereocenters. The molecule has 2 N–H and O–H groups in total. The van der Waals surface area contributed by atoms with Gasteiger partial charge in [0.05, 0.1) is 10.3 Å². The van der Waals surface area contributed by atoms with Gasteiger partial charge in [0.15, 0.2) is 0 Å². The molecule has 0 saturated carbocycles. The molecule has 0 bridgehead atoms. The summed E-state index contributed by atoms with van der Waals surface area (Å²) < 4.78 is 1.19. The quantitative estimate of drug-likeness (QED) is 0.899. The highest BCUT2D eigenvalue weighted by Gasteiger charge is 2.22. The zero-order valence-electron chi connectivity index (χ0n) is 9.18. The Balaban J connectivity index is 2.04. The standard InChI is InChI=1S/C11H15BrN2OS/c1-13-11(15)6-14-8-3-2-4-9-7(8)5-10(12)16-9/h5,8,14H,2-4,6H2,1H3,(H,13,15).